The molecule has 0 bridgehead atoms. The minimum Gasteiger partial charge on any atom is -0.158 e. The van der Waals surface area contributed by atoms with Crippen molar-refractivity contribution in [2.75, 3.05) is 0 Å². The third-order valence-electron chi connectivity index (χ3n) is 1.17. The molecule has 0 aliphatic rings. The first kappa shape index (κ1) is 6.63. The zero-order valence-electron chi connectivity index (χ0n) is 5.66. The van der Waals surface area contributed by atoms with E-state index in [0.717, 1.165) is 5.56 Å². The summed E-state index contributed by atoms with van der Waals surface area (Å²) >= 11 is 0. The van der Waals surface area contributed by atoms with Crippen LogP contribution in [0.5, 0.6) is 5.75 Å². The molecule has 0 aliphatic heterocycles. The Kier molecular flexibility index (Phi) is 1.91. The number of hydrogen-bond donors (Lipinski definition) is 0. The van der Waals surface area contributed by atoms with E-state index in [2.05, 4.69) is 9.85 Å². The Morgan fingerprint density at radius 2 is 1.90 bits per heavy atom. The van der Waals surface area contributed by atoms with E-state index in [1.165, 1.54) is 0 Å². The maximum Gasteiger partial charge on any atom is 0.219 e. The van der Waals surface area contributed by atoms with Crippen LogP contribution in [0.3, 0.4) is 0 Å². The van der Waals surface area contributed by atoms with Crippen LogP contribution in [0.4, 0.5) is 0 Å². The van der Waals surface area contributed by atoms with Gasteiger partial charge >= 0.3 is 0 Å². The fourth-order valence-electron chi connectivity index (χ4n) is 0.652. The lowest BCUT2D eigenvalue weighted by Gasteiger charge is -1.90. The van der Waals surface area contributed by atoms with Gasteiger partial charge in [-0.25, -0.2) is 0 Å². The van der Waals surface area contributed by atoms with Crippen molar-refractivity contribution in [3.63, 3.8) is 0 Å². The van der Waals surface area contributed by atoms with Crippen molar-refractivity contribution in [1.82, 2.24) is 0 Å². The topological polar surface area (TPSA) is 13.6 Å². The molecule has 0 saturated heterocycles. The minimum atomic E-state index is 0.598. The van der Waals surface area contributed by atoms with Crippen LogP contribution < -0.4 is 4.84 Å². The summed E-state index contributed by atoms with van der Waals surface area (Å²) in [4.78, 5) is 4.55. The van der Waals surface area contributed by atoms with Gasteiger partial charge in [-0.05, 0) is 24.1 Å². The van der Waals surface area contributed by atoms with E-state index >= 15 is 0 Å². The number of hydrogen-bond acceptors (Lipinski definition) is 1. The quantitative estimate of drug-likeness (QED) is 0.423. The highest BCUT2D eigenvalue weighted by Gasteiger charge is 1.92. The Hall–Kier alpha value is -1.49. The molecule has 2 nitrogen and oxygen atoms in total. The molecule has 0 N–H and O–H groups in total. The van der Waals surface area contributed by atoms with Crippen molar-refractivity contribution >= 4 is 0 Å². The third kappa shape index (κ3) is 1.49. The summed E-state index contributed by atoms with van der Waals surface area (Å²) in [6, 6.07) is 7.35. The number of nitrogens with zero attached hydrogens (tertiary/aromatic N) is 1. The Morgan fingerprint density at radius 1 is 1.30 bits per heavy atom. The van der Waals surface area contributed by atoms with Gasteiger partial charge in [-0.2, -0.15) is 11.4 Å². The average molecular weight is 133 g/mol. The standard InChI is InChI=1S/C8H7NO/c1-7-3-5-8(6-4-7)10-9-2/h3-6H,1H3. The maximum atomic E-state index is 6.40. The summed E-state index contributed by atoms with van der Waals surface area (Å²) in [6.45, 7) is 8.38. The Balaban J connectivity index is 2.81. The van der Waals surface area contributed by atoms with Crippen LogP contribution >= 0.6 is 0 Å². The highest BCUT2D eigenvalue weighted by molar-refractivity contribution is 5.26. The van der Waals surface area contributed by atoms with Crippen LogP contribution in [0.15, 0.2) is 24.3 Å². The summed E-state index contributed by atoms with van der Waals surface area (Å²) < 4.78 is 0. The highest BCUT2D eigenvalue weighted by atomic mass is 16.6. The zero-order valence-corrected chi connectivity index (χ0v) is 5.66. The first-order valence-electron chi connectivity index (χ1n) is 2.93. The molecule has 0 radical (unpaired) electrons. The normalized spacial score (nSPS) is 8.40. The van der Waals surface area contributed by atoms with Gasteiger partial charge in [-0.15, -0.1) is 0 Å². The predicted molar refractivity (Wildman–Crippen MR) is 38.4 cm³/mol. The molecule has 0 aromatic heterocycles. The zero-order chi connectivity index (χ0) is 7.40. The molecule has 0 heterocycles. The predicted octanol–water partition coefficient (Wildman–Crippen LogP) is 2.21. The van der Waals surface area contributed by atoms with Gasteiger partial charge in [0.15, 0.2) is 0 Å². The van der Waals surface area contributed by atoms with E-state index in [4.69, 9.17) is 6.57 Å². The molecule has 0 atom stereocenters. The van der Waals surface area contributed by atoms with Crippen molar-refractivity contribution in [3.05, 3.63) is 41.4 Å². The number of benzene rings is 1. The molecular weight excluding hydrogens is 126 g/mol. The van der Waals surface area contributed by atoms with E-state index in [9.17, 15) is 0 Å². The first-order valence-corrected chi connectivity index (χ1v) is 2.93. The second-order valence-electron chi connectivity index (χ2n) is 2.00. The number of aryl methyl sites for hydroxylation is 1. The van der Waals surface area contributed by atoms with Crippen LogP contribution in [0, 0.1) is 13.5 Å². The monoisotopic (exact) mass is 133 g/mol. The van der Waals surface area contributed by atoms with Crippen LogP contribution in [0.1, 0.15) is 5.56 Å². The molecule has 1 rings (SSSR count). The van der Waals surface area contributed by atoms with Crippen LogP contribution in [0.2, 0.25) is 0 Å². The Morgan fingerprint density at radius 3 is 2.40 bits per heavy atom. The summed E-state index contributed by atoms with van der Waals surface area (Å²) in [5.74, 6) is 0.598. The summed E-state index contributed by atoms with van der Waals surface area (Å²) in [5, 5.41) is 2.79. The lowest BCUT2D eigenvalue weighted by Crippen LogP contribution is -1.77. The molecule has 1 aromatic rings. The van der Waals surface area contributed by atoms with Gasteiger partial charge in [0.1, 0.15) is 0 Å². The largest absolute Gasteiger partial charge is 0.219 e. The van der Waals surface area contributed by atoms with Gasteiger partial charge in [0.05, 0.1) is 0 Å². The molecule has 0 fully saturated rings. The molecule has 1 aromatic carbocycles. The second kappa shape index (κ2) is 2.88. The van der Waals surface area contributed by atoms with E-state index in [1.54, 1.807) is 12.1 Å². The van der Waals surface area contributed by atoms with Gasteiger partial charge in [0.2, 0.25) is 5.75 Å². The lowest BCUT2D eigenvalue weighted by molar-refractivity contribution is 0.472. The fraction of sp³-hybridized carbons (Fsp3) is 0.125. The van der Waals surface area contributed by atoms with Crippen molar-refractivity contribution < 1.29 is 4.84 Å². The molecule has 0 unspecified atom stereocenters. The number of rotatable bonds is 1. The Labute approximate surface area is 59.8 Å². The van der Waals surface area contributed by atoms with Gasteiger partial charge in [0, 0.05) is 0 Å². The molecule has 0 amide bonds. The van der Waals surface area contributed by atoms with Gasteiger partial charge in [-0.3, -0.25) is 0 Å². The first-order chi connectivity index (χ1) is 4.83. The van der Waals surface area contributed by atoms with Crippen molar-refractivity contribution in [2.45, 2.75) is 6.92 Å². The SMILES string of the molecule is [C-]#[N+]Oc1ccc(C)cc1. The fourth-order valence-corrected chi connectivity index (χ4v) is 0.652. The highest BCUT2D eigenvalue weighted by Crippen LogP contribution is 2.10. The van der Waals surface area contributed by atoms with Gasteiger partial charge in [-0.1, -0.05) is 17.7 Å². The second-order valence-corrected chi connectivity index (χ2v) is 2.00. The molecule has 50 valence electrons. The summed E-state index contributed by atoms with van der Waals surface area (Å²) in [5.41, 5.74) is 1.16. The van der Waals surface area contributed by atoms with Gasteiger partial charge in [0.25, 0.3) is 0 Å². The van der Waals surface area contributed by atoms with E-state index in [1.807, 2.05) is 19.1 Å². The molecule has 0 aliphatic carbocycles. The molecule has 2 heteroatoms. The van der Waals surface area contributed by atoms with E-state index in [-0.39, 0.29) is 0 Å². The van der Waals surface area contributed by atoms with Crippen molar-refractivity contribution in [1.29, 1.82) is 0 Å². The molecular formula is C8H7NO. The van der Waals surface area contributed by atoms with Crippen LogP contribution in [-0.4, -0.2) is 0 Å². The van der Waals surface area contributed by atoms with Crippen LogP contribution in [0.25, 0.3) is 5.01 Å². The van der Waals surface area contributed by atoms with Gasteiger partial charge < -0.3 is 0 Å². The third-order valence-corrected chi connectivity index (χ3v) is 1.17. The summed E-state index contributed by atoms with van der Waals surface area (Å²) in [6.07, 6.45) is 0. The smallest absolute Gasteiger partial charge is 0.158 e. The van der Waals surface area contributed by atoms with Crippen molar-refractivity contribution in [3.8, 4) is 5.75 Å². The lowest BCUT2D eigenvalue weighted by atomic mass is 10.2. The minimum absolute atomic E-state index is 0.598. The van der Waals surface area contributed by atoms with E-state index < -0.39 is 0 Å². The molecule has 0 saturated carbocycles. The maximum absolute atomic E-state index is 6.40. The average Bonchev–Trinajstić information content (AvgIpc) is 1.95. The van der Waals surface area contributed by atoms with E-state index in [0.29, 0.717) is 5.75 Å². The molecule has 0 spiro atoms. The molecule has 10 heavy (non-hydrogen) atoms. The summed E-state index contributed by atoms with van der Waals surface area (Å²) in [7, 11) is 0. The Bertz CT molecular complexity index is 245. The van der Waals surface area contributed by atoms with Crippen LogP contribution in [-0.2, 0) is 0 Å². The van der Waals surface area contributed by atoms with Crippen molar-refractivity contribution in [2.24, 2.45) is 0 Å².